The molecule has 0 aromatic carbocycles. The predicted molar refractivity (Wildman–Crippen MR) is 45.4 cm³/mol. The van der Waals surface area contributed by atoms with Gasteiger partial charge in [-0.2, -0.15) is 0 Å². The number of carbonyl (C=O) groups excluding carboxylic acids is 1. The highest BCUT2D eigenvalue weighted by Crippen LogP contribution is 2.11. The Morgan fingerprint density at radius 2 is 2.00 bits per heavy atom. The van der Waals surface area contributed by atoms with E-state index in [1.54, 1.807) is 0 Å². The summed E-state index contributed by atoms with van der Waals surface area (Å²) in [5.74, 6) is -1.78. The summed E-state index contributed by atoms with van der Waals surface area (Å²) in [6, 6.07) is 0. The molecule has 0 aromatic heterocycles. The summed E-state index contributed by atoms with van der Waals surface area (Å²) in [6.45, 7) is 3.58. The summed E-state index contributed by atoms with van der Waals surface area (Å²) >= 11 is 0. The molecule has 0 saturated carbocycles. The summed E-state index contributed by atoms with van der Waals surface area (Å²) in [5.41, 5.74) is 0. The third-order valence-corrected chi connectivity index (χ3v) is 1.55. The van der Waals surface area contributed by atoms with Crippen LogP contribution in [0.5, 0.6) is 0 Å². The lowest BCUT2D eigenvalue weighted by molar-refractivity contribution is -0.169. The first-order chi connectivity index (χ1) is 5.48. The van der Waals surface area contributed by atoms with Gasteiger partial charge in [-0.05, 0) is 0 Å². The number of aliphatic hydroxyl groups is 2. The Labute approximate surface area is 72.6 Å². The monoisotopic (exact) mass is 175 g/mol. The van der Waals surface area contributed by atoms with Gasteiger partial charge in [-0.1, -0.05) is 13.3 Å². The molecule has 0 bridgehead atoms. The first-order valence-corrected chi connectivity index (χ1v) is 4.17. The molecule has 0 spiro atoms. The lowest BCUT2D eigenvalue weighted by Crippen LogP contribution is -2.33. The SMILES string of the molecule is CCCC(O)(O)CCNC(C)=O. The minimum Gasteiger partial charge on any atom is -0.366 e. The van der Waals surface area contributed by atoms with E-state index in [4.69, 9.17) is 0 Å². The molecule has 0 heterocycles. The molecule has 72 valence electrons. The molecule has 4 heteroatoms. The van der Waals surface area contributed by atoms with Crippen LogP contribution in [0.2, 0.25) is 0 Å². The summed E-state index contributed by atoms with van der Waals surface area (Å²) in [6.07, 6.45) is 1.24. The summed E-state index contributed by atoms with van der Waals surface area (Å²) in [5, 5.41) is 21.0. The van der Waals surface area contributed by atoms with Crippen LogP contribution in [0.4, 0.5) is 0 Å². The van der Waals surface area contributed by atoms with Gasteiger partial charge in [-0.3, -0.25) is 4.79 Å². The highest BCUT2D eigenvalue weighted by molar-refractivity contribution is 5.72. The molecule has 12 heavy (non-hydrogen) atoms. The van der Waals surface area contributed by atoms with Crippen LogP contribution in [0, 0.1) is 0 Å². The Bertz CT molecular complexity index is 145. The fraction of sp³-hybridized carbons (Fsp3) is 0.875. The van der Waals surface area contributed by atoms with Crippen molar-refractivity contribution in [2.75, 3.05) is 6.54 Å². The fourth-order valence-electron chi connectivity index (χ4n) is 0.964. The van der Waals surface area contributed by atoms with Crippen molar-refractivity contribution in [3.8, 4) is 0 Å². The third kappa shape index (κ3) is 6.12. The zero-order valence-corrected chi connectivity index (χ0v) is 7.63. The van der Waals surface area contributed by atoms with Crippen molar-refractivity contribution in [2.24, 2.45) is 0 Å². The molecule has 0 fully saturated rings. The molecule has 0 unspecified atom stereocenters. The molecule has 4 nitrogen and oxygen atoms in total. The average molecular weight is 175 g/mol. The Kier molecular flexibility index (Phi) is 4.85. The molecule has 3 N–H and O–H groups in total. The molecule has 0 aliphatic rings. The maximum absolute atomic E-state index is 10.4. The van der Waals surface area contributed by atoms with E-state index in [9.17, 15) is 15.0 Å². The average Bonchev–Trinajstić information content (AvgIpc) is 1.85. The van der Waals surface area contributed by atoms with Crippen molar-refractivity contribution in [1.82, 2.24) is 5.32 Å². The Morgan fingerprint density at radius 1 is 1.42 bits per heavy atom. The molecule has 0 aliphatic carbocycles. The third-order valence-electron chi connectivity index (χ3n) is 1.55. The van der Waals surface area contributed by atoms with Gasteiger partial charge in [0.1, 0.15) is 0 Å². The van der Waals surface area contributed by atoms with Crippen molar-refractivity contribution < 1.29 is 15.0 Å². The van der Waals surface area contributed by atoms with Crippen LogP contribution in [0.25, 0.3) is 0 Å². The van der Waals surface area contributed by atoms with E-state index in [1.165, 1.54) is 6.92 Å². The molecule has 0 radical (unpaired) electrons. The molecule has 0 aromatic rings. The van der Waals surface area contributed by atoms with Gasteiger partial charge in [0.2, 0.25) is 5.91 Å². The largest absolute Gasteiger partial charge is 0.366 e. The molecule has 0 aliphatic heterocycles. The Balaban J connectivity index is 3.53. The number of amides is 1. The molecule has 1 amide bonds. The smallest absolute Gasteiger partial charge is 0.216 e. The van der Waals surface area contributed by atoms with E-state index < -0.39 is 5.79 Å². The summed E-state index contributed by atoms with van der Waals surface area (Å²) < 4.78 is 0. The van der Waals surface area contributed by atoms with Gasteiger partial charge < -0.3 is 15.5 Å². The minimum absolute atomic E-state index is 0.151. The van der Waals surface area contributed by atoms with Gasteiger partial charge in [0.05, 0.1) is 0 Å². The minimum atomic E-state index is -1.63. The van der Waals surface area contributed by atoms with Crippen molar-refractivity contribution >= 4 is 5.91 Å². The molecular weight excluding hydrogens is 158 g/mol. The number of carbonyl (C=O) groups is 1. The van der Waals surface area contributed by atoms with Crippen LogP contribution in [0.3, 0.4) is 0 Å². The van der Waals surface area contributed by atoms with Gasteiger partial charge in [0, 0.05) is 26.3 Å². The van der Waals surface area contributed by atoms with E-state index in [1.807, 2.05) is 6.92 Å². The predicted octanol–water partition coefficient (Wildman–Crippen LogP) is -0.00640. The Morgan fingerprint density at radius 3 is 2.42 bits per heavy atom. The number of rotatable bonds is 5. The summed E-state index contributed by atoms with van der Waals surface area (Å²) in [4.78, 5) is 10.4. The fourth-order valence-corrected chi connectivity index (χ4v) is 0.964. The molecular formula is C8H17NO3. The van der Waals surface area contributed by atoms with Gasteiger partial charge in [0.25, 0.3) is 0 Å². The van der Waals surface area contributed by atoms with E-state index >= 15 is 0 Å². The quantitative estimate of drug-likeness (QED) is 0.515. The molecule has 0 atom stereocenters. The van der Waals surface area contributed by atoms with Crippen LogP contribution in [0.15, 0.2) is 0 Å². The van der Waals surface area contributed by atoms with Crippen LogP contribution in [0.1, 0.15) is 33.1 Å². The van der Waals surface area contributed by atoms with Crippen molar-refractivity contribution in [3.05, 3.63) is 0 Å². The lowest BCUT2D eigenvalue weighted by Gasteiger charge is -2.20. The lowest BCUT2D eigenvalue weighted by atomic mass is 10.1. The van der Waals surface area contributed by atoms with E-state index in [2.05, 4.69) is 5.32 Å². The first-order valence-electron chi connectivity index (χ1n) is 4.17. The van der Waals surface area contributed by atoms with Crippen LogP contribution < -0.4 is 5.32 Å². The van der Waals surface area contributed by atoms with Gasteiger partial charge >= 0.3 is 0 Å². The topological polar surface area (TPSA) is 69.6 Å². The molecule has 0 saturated heterocycles. The maximum Gasteiger partial charge on any atom is 0.216 e. The second-order valence-corrected chi connectivity index (χ2v) is 2.97. The Hall–Kier alpha value is -0.610. The second-order valence-electron chi connectivity index (χ2n) is 2.97. The van der Waals surface area contributed by atoms with Gasteiger partial charge in [0.15, 0.2) is 5.79 Å². The normalized spacial score (nSPS) is 11.3. The molecule has 0 rings (SSSR count). The second kappa shape index (κ2) is 5.11. The maximum atomic E-state index is 10.4. The number of nitrogens with one attached hydrogen (secondary N) is 1. The first kappa shape index (κ1) is 11.4. The van der Waals surface area contributed by atoms with Gasteiger partial charge in [-0.25, -0.2) is 0 Å². The van der Waals surface area contributed by atoms with Crippen LogP contribution >= 0.6 is 0 Å². The van der Waals surface area contributed by atoms with Crippen LogP contribution in [-0.4, -0.2) is 28.5 Å². The standard InChI is InChI=1S/C8H17NO3/c1-3-4-8(11,12)5-6-9-7(2)10/h11-12H,3-6H2,1-2H3,(H,9,10). The van der Waals surface area contributed by atoms with Crippen molar-refractivity contribution in [1.29, 1.82) is 0 Å². The number of hydrogen-bond acceptors (Lipinski definition) is 3. The zero-order chi connectivity index (χ0) is 9.61. The van der Waals surface area contributed by atoms with E-state index in [0.29, 0.717) is 19.4 Å². The zero-order valence-electron chi connectivity index (χ0n) is 7.63. The number of hydrogen-bond donors (Lipinski definition) is 3. The van der Waals surface area contributed by atoms with E-state index in [0.717, 1.165) is 0 Å². The summed E-state index contributed by atoms with van der Waals surface area (Å²) in [7, 11) is 0. The highest BCUT2D eigenvalue weighted by atomic mass is 16.5. The van der Waals surface area contributed by atoms with E-state index in [-0.39, 0.29) is 12.3 Å². The highest BCUT2D eigenvalue weighted by Gasteiger charge is 2.20. The van der Waals surface area contributed by atoms with Crippen molar-refractivity contribution in [3.63, 3.8) is 0 Å². The van der Waals surface area contributed by atoms with Gasteiger partial charge in [-0.15, -0.1) is 0 Å². The van der Waals surface area contributed by atoms with Crippen LogP contribution in [-0.2, 0) is 4.79 Å². The van der Waals surface area contributed by atoms with Crippen molar-refractivity contribution in [2.45, 2.75) is 38.9 Å².